The molecular weight excluding hydrogens is 456 g/mol. The topological polar surface area (TPSA) is 74.8 Å². The van der Waals surface area contributed by atoms with Gasteiger partial charge in [0.25, 0.3) is 5.91 Å². The minimum absolute atomic E-state index is 0.138. The maximum atomic E-state index is 13.1. The molecule has 2 aliphatic heterocycles. The Hall–Kier alpha value is -2.62. The van der Waals surface area contributed by atoms with Crippen molar-refractivity contribution < 1.29 is 14.3 Å². The van der Waals surface area contributed by atoms with Crippen LogP contribution in [0, 0.1) is 0 Å². The number of morpholine rings is 1. The molecule has 172 valence electrons. The second-order valence-electron chi connectivity index (χ2n) is 8.11. The summed E-state index contributed by atoms with van der Waals surface area (Å²) in [5.41, 5.74) is 2.24. The van der Waals surface area contributed by atoms with Gasteiger partial charge in [0, 0.05) is 36.8 Å². The fraction of sp³-hybridized carbons (Fsp3) is 0.375. The minimum Gasteiger partial charge on any atom is -0.378 e. The highest BCUT2D eigenvalue weighted by atomic mass is 32.2. The Morgan fingerprint density at radius 3 is 2.67 bits per heavy atom. The number of nitrogens with zero attached hydrogens (tertiary/aromatic N) is 3. The number of anilines is 2. The van der Waals surface area contributed by atoms with Gasteiger partial charge in [0.15, 0.2) is 5.13 Å². The lowest BCUT2D eigenvalue weighted by molar-refractivity contribution is -0.127. The van der Waals surface area contributed by atoms with E-state index in [1.165, 1.54) is 11.8 Å². The molecule has 0 atom stereocenters. The summed E-state index contributed by atoms with van der Waals surface area (Å²) in [5, 5.41) is 4.01. The quantitative estimate of drug-likeness (QED) is 0.533. The maximum absolute atomic E-state index is 13.1. The van der Waals surface area contributed by atoms with E-state index in [1.54, 1.807) is 17.4 Å². The number of amides is 2. The molecule has 0 spiro atoms. The van der Waals surface area contributed by atoms with E-state index in [2.05, 4.69) is 10.2 Å². The largest absolute Gasteiger partial charge is 0.378 e. The van der Waals surface area contributed by atoms with E-state index < -0.39 is 0 Å². The average Bonchev–Trinajstić information content (AvgIpc) is 3.53. The van der Waals surface area contributed by atoms with E-state index >= 15 is 0 Å². The first-order valence-corrected chi connectivity index (χ1v) is 13.0. The highest BCUT2D eigenvalue weighted by molar-refractivity contribution is 8.00. The fourth-order valence-corrected chi connectivity index (χ4v) is 6.07. The molecule has 9 heteroatoms. The smallest absolute Gasteiger partial charge is 0.256 e. The highest BCUT2D eigenvalue weighted by Gasteiger charge is 2.20. The van der Waals surface area contributed by atoms with Crippen molar-refractivity contribution in [3.05, 3.63) is 48.0 Å². The zero-order chi connectivity index (χ0) is 22.6. The Labute approximate surface area is 201 Å². The first-order chi connectivity index (χ1) is 16.2. The van der Waals surface area contributed by atoms with Crippen LogP contribution < -0.4 is 10.2 Å². The number of benzene rings is 2. The normalized spacial score (nSPS) is 16.4. The zero-order valence-corrected chi connectivity index (χ0v) is 19.9. The van der Waals surface area contributed by atoms with E-state index in [4.69, 9.17) is 9.72 Å². The molecule has 0 bridgehead atoms. The lowest BCUT2D eigenvalue weighted by atomic mass is 10.2. The lowest BCUT2D eigenvalue weighted by Crippen LogP contribution is -2.36. The summed E-state index contributed by atoms with van der Waals surface area (Å²) >= 11 is 3.06. The van der Waals surface area contributed by atoms with Gasteiger partial charge in [-0.2, -0.15) is 0 Å². The number of nitrogens with one attached hydrogen (secondary N) is 1. The second kappa shape index (κ2) is 10.1. The molecule has 5 rings (SSSR count). The Morgan fingerprint density at radius 2 is 1.85 bits per heavy atom. The van der Waals surface area contributed by atoms with Gasteiger partial charge in [0.1, 0.15) is 0 Å². The standard InChI is InChI=1S/C24H26N4O3S2/c29-22(27-9-3-4-10-27)16-32-20-6-2-1-5-18(20)23(30)25-17-7-8-19-21(15-17)33-24(26-19)28-11-13-31-14-12-28/h1-2,5-8,15H,3-4,9-14,16H2,(H,25,30). The Morgan fingerprint density at radius 1 is 1.06 bits per heavy atom. The molecule has 1 N–H and O–H groups in total. The van der Waals surface area contributed by atoms with Crippen LogP contribution in [-0.2, 0) is 9.53 Å². The number of fused-ring (bicyclic) bond motifs is 1. The van der Waals surface area contributed by atoms with Crippen LogP contribution >= 0.6 is 23.1 Å². The molecule has 0 unspecified atom stereocenters. The fourth-order valence-electron chi connectivity index (χ4n) is 4.06. The second-order valence-corrected chi connectivity index (χ2v) is 10.1. The van der Waals surface area contributed by atoms with Crippen LogP contribution in [-0.4, -0.2) is 66.8 Å². The third kappa shape index (κ3) is 5.15. The van der Waals surface area contributed by atoms with E-state index in [0.717, 1.165) is 78.2 Å². The summed E-state index contributed by atoms with van der Waals surface area (Å²) in [6.07, 6.45) is 2.15. The average molecular weight is 483 g/mol. The molecule has 0 radical (unpaired) electrons. The minimum atomic E-state index is -0.177. The van der Waals surface area contributed by atoms with Crippen molar-refractivity contribution in [3.8, 4) is 0 Å². The van der Waals surface area contributed by atoms with E-state index in [0.29, 0.717) is 11.3 Å². The number of carbonyl (C=O) groups excluding carboxylic acids is 2. The molecule has 2 aliphatic rings. The SMILES string of the molecule is O=C(Nc1ccc2nc(N3CCOCC3)sc2c1)c1ccccc1SCC(=O)N1CCCC1. The van der Waals surface area contributed by atoms with Crippen molar-refractivity contribution in [2.24, 2.45) is 0 Å². The van der Waals surface area contributed by atoms with Gasteiger partial charge in [-0.05, 0) is 43.2 Å². The van der Waals surface area contributed by atoms with Gasteiger partial charge >= 0.3 is 0 Å². The first-order valence-electron chi connectivity index (χ1n) is 11.2. The summed E-state index contributed by atoms with van der Waals surface area (Å²) in [7, 11) is 0. The van der Waals surface area contributed by atoms with E-state index in [1.807, 2.05) is 41.3 Å². The summed E-state index contributed by atoms with van der Waals surface area (Å²) in [5.74, 6) is 0.310. The number of thioether (sulfide) groups is 1. The van der Waals surface area contributed by atoms with Gasteiger partial charge in [-0.1, -0.05) is 23.5 Å². The molecule has 2 amide bonds. The van der Waals surface area contributed by atoms with Gasteiger partial charge in [0.2, 0.25) is 5.91 Å². The van der Waals surface area contributed by atoms with Crippen LogP contribution in [0.2, 0.25) is 0 Å². The van der Waals surface area contributed by atoms with Crippen molar-refractivity contribution in [2.45, 2.75) is 17.7 Å². The molecule has 2 fully saturated rings. The Kier molecular flexibility index (Phi) is 6.80. The molecule has 2 aromatic carbocycles. The summed E-state index contributed by atoms with van der Waals surface area (Å²) in [6.45, 7) is 4.82. The molecule has 0 aliphatic carbocycles. The molecular formula is C24H26N4O3S2. The van der Waals surface area contributed by atoms with Crippen LogP contribution in [0.1, 0.15) is 23.2 Å². The van der Waals surface area contributed by atoms with Gasteiger partial charge in [0.05, 0.1) is 34.7 Å². The summed E-state index contributed by atoms with van der Waals surface area (Å²) in [6, 6.07) is 13.3. The van der Waals surface area contributed by atoms with Crippen molar-refractivity contribution in [2.75, 3.05) is 55.4 Å². The van der Waals surface area contributed by atoms with Crippen molar-refractivity contribution in [3.63, 3.8) is 0 Å². The highest BCUT2D eigenvalue weighted by Crippen LogP contribution is 2.32. The van der Waals surface area contributed by atoms with Crippen LogP contribution in [0.5, 0.6) is 0 Å². The van der Waals surface area contributed by atoms with Crippen LogP contribution in [0.25, 0.3) is 10.2 Å². The third-order valence-corrected chi connectivity index (χ3v) is 8.00. The van der Waals surface area contributed by atoms with Crippen LogP contribution in [0.3, 0.4) is 0 Å². The Balaban J connectivity index is 1.27. The number of hydrogen-bond donors (Lipinski definition) is 1. The van der Waals surface area contributed by atoms with Gasteiger partial charge in [-0.15, -0.1) is 11.8 Å². The van der Waals surface area contributed by atoms with Crippen molar-refractivity contribution >= 4 is 55.9 Å². The maximum Gasteiger partial charge on any atom is 0.256 e. The molecule has 1 aromatic heterocycles. The summed E-state index contributed by atoms with van der Waals surface area (Å²) < 4.78 is 6.47. The van der Waals surface area contributed by atoms with Gasteiger partial charge in [-0.25, -0.2) is 4.98 Å². The lowest BCUT2D eigenvalue weighted by Gasteiger charge is -2.25. The predicted octanol–water partition coefficient (Wildman–Crippen LogP) is 4.10. The zero-order valence-electron chi connectivity index (χ0n) is 18.3. The van der Waals surface area contributed by atoms with Crippen molar-refractivity contribution in [1.29, 1.82) is 0 Å². The Bertz CT molecular complexity index is 1150. The van der Waals surface area contributed by atoms with Crippen molar-refractivity contribution in [1.82, 2.24) is 9.88 Å². The third-order valence-electron chi connectivity index (χ3n) is 5.86. The molecule has 2 saturated heterocycles. The molecule has 3 aromatic rings. The number of aromatic nitrogens is 1. The van der Waals surface area contributed by atoms with E-state index in [9.17, 15) is 9.59 Å². The predicted molar refractivity (Wildman–Crippen MR) is 134 cm³/mol. The molecule has 3 heterocycles. The van der Waals surface area contributed by atoms with Gasteiger partial charge < -0.3 is 19.9 Å². The van der Waals surface area contributed by atoms with Crippen LogP contribution in [0.4, 0.5) is 10.8 Å². The number of carbonyl (C=O) groups is 2. The molecule has 33 heavy (non-hydrogen) atoms. The van der Waals surface area contributed by atoms with E-state index in [-0.39, 0.29) is 11.8 Å². The summed E-state index contributed by atoms with van der Waals surface area (Å²) in [4.78, 5) is 35.2. The van der Waals surface area contributed by atoms with Crippen LogP contribution in [0.15, 0.2) is 47.4 Å². The number of likely N-dealkylation sites (tertiary alicyclic amines) is 1. The number of thiazole rings is 1. The number of rotatable bonds is 6. The number of hydrogen-bond acceptors (Lipinski definition) is 7. The first kappa shape index (κ1) is 22.2. The molecule has 0 saturated carbocycles. The monoisotopic (exact) mass is 482 g/mol. The molecule has 7 nitrogen and oxygen atoms in total. The van der Waals surface area contributed by atoms with Gasteiger partial charge in [-0.3, -0.25) is 9.59 Å². The number of ether oxygens (including phenoxy) is 1.